The summed E-state index contributed by atoms with van der Waals surface area (Å²) < 4.78 is 15.2. The molecule has 0 aromatic carbocycles. The maximum absolute atomic E-state index is 11.7. The summed E-state index contributed by atoms with van der Waals surface area (Å²) in [7, 11) is 0. The van der Waals surface area contributed by atoms with Crippen LogP contribution in [0.15, 0.2) is 0 Å². The van der Waals surface area contributed by atoms with Crippen LogP contribution in [0.2, 0.25) is 0 Å². The Morgan fingerprint density at radius 1 is 1.05 bits per heavy atom. The molecule has 0 amide bonds. The van der Waals surface area contributed by atoms with Gasteiger partial charge in [-0.25, -0.2) is 4.79 Å². The van der Waals surface area contributed by atoms with E-state index in [0.29, 0.717) is 6.42 Å². The molecule has 0 atom stereocenters. The summed E-state index contributed by atoms with van der Waals surface area (Å²) in [5.74, 6) is -0.274. The Labute approximate surface area is 121 Å². The van der Waals surface area contributed by atoms with Crippen LogP contribution in [0.1, 0.15) is 59.3 Å². The molecule has 0 heterocycles. The third-order valence-electron chi connectivity index (χ3n) is 3.79. The van der Waals surface area contributed by atoms with Gasteiger partial charge in [0, 0.05) is 0 Å². The van der Waals surface area contributed by atoms with E-state index in [0.717, 1.165) is 25.7 Å². The Hall–Kier alpha value is -1.26. The molecular weight excluding hydrogens is 260 g/mol. The van der Waals surface area contributed by atoms with Gasteiger partial charge in [-0.05, 0) is 46.0 Å². The fourth-order valence-corrected chi connectivity index (χ4v) is 1.95. The molecular formula is C15H26O5. The highest BCUT2D eigenvalue weighted by molar-refractivity contribution is 5.75. The average molecular weight is 286 g/mol. The van der Waals surface area contributed by atoms with Crippen molar-refractivity contribution in [3.8, 4) is 0 Å². The van der Waals surface area contributed by atoms with Crippen molar-refractivity contribution in [3.63, 3.8) is 0 Å². The van der Waals surface area contributed by atoms with Crippen molar-refractivity contribution in [1.29, 1.82) is 0 Å². The van der Waals surface area contributed by atoms with Crippen molar-refractivity contribution in [2.45, 2.75) is 65.4 Å². The zero-order chi connectivity index (χ0) is 15.0. The lowest BCUT2D eigenvalue weighted by molar-refractivity contribution is -0.155. The first kappa shape index (κ1) is 16.8. The Morgan fingerprint density at radius 2 is 1.65 bits per heavy atom. The van der Waals surface area contributed by atoms with E-state index in [2.05, 4.69) is 0 Å². The Kier molecular flexibility index (Phi) is 6.82. The van der Waals surface area contributed by atoms with Crippen LogP contribution in [-0.2, 0) is 19.0 Å². The fourth-order valence-electron chi connectivity index (χ4n) is 1.95. The first-order chi connectivity index (χ1) is 9.45. The van der Waals surface area contributed by atoms with Crippen LogP contribution in [0.3, 0.4) is 0 Å². The zero-order valence-corrected chi connectivity index (χ0v) is 12.8. The third kappa shape index (κ3) is 5.80. The lowest BCUT2D eigenvalue weighted by Gasteiger charge is -2.22. The van der Waals surface area contributed by atoms with Gasteiger partial charge in [0.05, 0.1) is 5.41 Å². The summed E-state index contributed by atoms with van der Waals surface area (Å²) in [6.07, 6.45) is 5.25. The van der Waals surface area contributed by atoms with E-state index in [1.807, 2.05) is 20.8 Å². The molecule has 0 radical (unpaired) electrons. The van der Waals surface area contributed by atoms with Crippen molar-refractivity contribution in [1.82, 2.24) is 0 Å². The second-order valence-corrected chi connectivity index (χ2v) is 5.85. The van der Waals surface area contributed by atoms with Crippen molar-refractivity contribution >= 4 is 12.1 Å². The summed E-state index contributed by atoms with van der Waals surface area (Å²) >= 11 is 0. The second-order valence-electron chi connectivity index (χ2n) is 5.85. The Bertz CT molecular complexity index is 318. The molecule has 1 aliphatic carbocycles. The van der Waals surface area contributed by atoms with Crippen LogP contribution in [0.5, 0.6) is 0 Å². The van der Waals surface area contributed by atoms with E-state index in [1.165, 1.54) is 6.42 Å². The van der Waals surface area contributed by atoms with Crippen LogP contribution in [0, 0.1) is 5.41 Å². The molecule has 0 aliphatic heterocycles. The molecule has 1 fully saturated rings. The standard InChI is InChI=1S/C15H26O5/c1-4-15(2,3)13(16)18-10-11-19-14(17)20-12-8-6-5-7-9-12/h12H,4-11H2,1-3H3. The SMILES string of the molecule is CCC(C)(C)C(=O)OCCOC(=O)OC1CCCCC1. The Morgan fingerprint density at radius 3 is 2.25 bits per heavy atom. The molecule has 0 spiro atoms. The number of hydrogen-bond donors (Lipinski definition) is 0. The largest absolute Gasteiger partial charge is 0.508 e. The summed E-state index contributed by atoms with van der Waals surface area (Å²) in [5.41, 5.74) is -0.497. The van der Waals surface area contributed by atoms with Gasteiger partial charge in [0.2, 0.25) is 0 Å². The zero-order valence-electron chi connectivity index (χ0n) is 12.8. The maximum Gasteiger partial charge on any atom is 0.508 e. The van der Waals surface area contributed by atoms with Gasteiger partial charge in [-0.15, -0.1) is 0 Å². The summed E-state index contributed by atoms with van der Waals surface area (Å²) in [6, 6.07) is 0. The van der Waals surface area contributed by atoms with E-state index in [-0.39, 0.29) is 25.3 Å². The highest BCUT2D eigenvalue weighted by atomic mass is 16.7. The number of carbonyl (C=O) groups is 2. The van der Waals surface area contributed by atoms with Gasteiger partial charge >= 0.3 is 12.1 Å². The van der Waals surface area contributed by atoms with Crippen LogP contribution in [-0.4, -0.2) is 31.4 Å². The highest BCUT2D eigenvalue weighted by Gasteiger charge is 2.27. The number of esters is 1. The molecule has 1 aliphatic rings. The number of ether oxygens (including phenoxy) is 3. The maximum atomic E-state index is 11.7. The van der Waals surface area contributed by atoms with Crippen molar-refractivity contribution in [2.75, 3.05) is 13.2 Å². The molecule has 0 N–H and O–H groups in total. The number of hydrogen-bond acceptors (Lipinski definition) is 5. The molecule has 1 rings (SSSR count). The van der Waals surface area contributed by atoms with Crippen LogP contribution in [0.4, 0.5) is 4.79 Å². The first-order valence-electron chi connectivity index (χ1n) is 7.46. The Balaban J connectivity index is 2.11. The molecule has 5 nitrogen and oxygen atoms in total. The average Bonchev–Trinajstić information content (AvgIpc) is 2.44. The lowest BCUT2D eigenvalue weighted by atomic mass is 9.91. The minimum atomic E-state index is -0.664. The fraction of sp³-hybridized carbons (Fsp3) is 0.867. The van der Waals surface area contributed by atoms with E-state index >= 15 is 0 Å². The minimum Gasteiger partial charge on any atom is -0.462 e. The predicted molar refractivity (Wildman–Crippen MR) is 74.3 cm³/mol. The molecule has 5 heteroatoms. The van der Waals surface area contributed by atoms with E-state index in [4.69, 9.17) is 14.2 Å². The molecule has 1 saturated carbocycles. The van der Waals surface area contributed by atoms with Crippen molar-refractivity contribution in [3.05, 3.63) is 0 Å². The van der Waals surface area contributed by atoms with Crippen LogP contribution < -0.4 is 0 Å². The van der Waals surface area contributed by atoms with E-state index in [9.17, 15) is 9.59 Å². The summed E-state index contributed by atoms with van der Waals surface area (Å²) in [6.45, 7) is 5.69. The van der Waals surface area contributed by atoms with Crippen molar-refractivity contribution < 1.29 is 23.8 Å². The molecule has 116 valence electrons. The van der Waals surface area contributed by atoms with Crippen LogP contribution in [0.25, 0.3) is 0 Å². The van der Waals surface area contributed by atoms with Crippen molar-refractivity contribution in [2.24, 2.45) is 5.41 Å². The quantitative estimate of drug-likeness (QED) is 0.553. The van der Waals surface area contributed by atoms with Gasteiger partial charge in [-0.1, -0.05) is 13.3 Å². The summed E-state index contributed by atoms with van der Waals surface area (Å²) in [5, 5.41) is 0. The molecule has 0 unspecified atom stereocenters. The van der Waals surface area contributed by atoms with Gasteiger partial charge in [0.25, 0.3) is 0 Å². The van der Waals surface area contributed by atoms with Gasteiger partial charge < -0.3 is 14.2 Å². The van der Waals surface area contributed by atoms with Gasteiger partial charge in [0.15, 0.2) is 0 Å². The predicted octanol–water partition coefficient (Wildman–Crippen LogP) is 3.45. The minimum absolute atomic E-state index is 0.0159. The normalized spacial score (nSPS) is 16.6. The molecule has 0 aromatic heterocycles. The number of carbonyl (C=O) groups excluding carboxylic acids is 2. The highest BCUT2D eigenvalue weighted by Crippen LogP contribution is 2.22. The topological polar surface area (TPSA) is 61.8 Å². The summed E-state index contributed by atoms with van der Waals surface area (Å²) in [4.78, 5) is 23.1. The molecule has 0 saturated heterocycles. The van der Waals surface area contributed by atoms with Crippen LogP contribution >= 0.6 is 0 Å². The van der Waals surface area contributed by atoms with E-state index in [1.54, 1.807) is 0 Å². The van der Waals surface area contributed by atoms with Gasteiger partial charge in [0.1, 0.15) is 19.3 Å². The third-order valence-corrected chi connectivity index (χ3v) is 3.79. The van der Waals surface area contributed by atoms with Gasteiger partial charge in [-0.2, -0.15) is 0 Å². The first-order valence-corrected chi connectivity index (χ1v) is 7.46. The van der Waals surface area contributed by atoms with E-state index < -0.39 is 11.6 Å². The number of rotatable bonds is 6. The lowest BCUT2D eigenvalue weighted by Crippen LogP contribution is -2.27. The molecule has 0 aromatic rings. The second kappa shape index (κ2) is 8.12. The smallest absolute Gasteiger partial charge is 0.462 e. The monoisotopic (exact) mass is 286 g/mol. The molecule has 20 heavy (non-hydrogen) atoms. The molecule has 0 bridgehead atoms. The van der Waals surface area contributed by atoms with Gasteiger partial charge in [-0.3, -0.25) is 4.79 Å².